The van der Waals surface area contributed by atoms with Gasteiger partial charge in [0.15, 0.2) is 0 Å². The van der Waals surface area contributed by atoms with Gasteiger partial charge in [0.25, 0.3) is 0 Å². The molecular weight excluding hydrogens is 1150 g/mol. The number of alkyl carbamates (subject to hydrolysis) is 1. The van der Waals surface area contributed by atoms with Crippen molar-refractivity contribution in [3.63, 3.8) is 0 Å². The fourth-order valence-corrected chi connectivity index (χ4v) is 11.9. The first-order valence-electron chi connectivity index (χ1n) is 32.0. The number of methoxy groups -OCH3 is 3. The van der Waals surface area contributed by atoms with Gasteiger partial charge in [0.1, 0.15) is 29.8 Å². The number of nitrogens with one attached hydrogen (secondary N) is 5. The number of hydrogen-bond donors (Lipinski definition) is 6. The van der Waals surface area contributed by atoms with Gasteiger partial charge in [0.2, 0.25) is 35.4 Å². The van der Waals surface area contributed by atoms with E-state index in [0.29, 0.717) is 57.3 Å². The largest absolute Gasteiger partial charge is 0.467 e. The minimum Gasteiger partial charge on any atom is -0.467 e. The number of rotatable bonds is 36. The number of esters is 1. The summed E-state index contributed by atoms with van der Waals surface area (Å²) in [6.07, 6.45) is 1.54. The van der Waals surface area contributed by atoms with Gasteiger partial charge in [-0.1, -0.05) is 111 Å². The van der Waals surface area contributed by atoms with Crippen molar-refractivity contribution < 1.29 is 62.1 Å². The van der Waals surface area contributed by atoms with Crippen LogP contribution in [-0.4, -0.2) is 190 Å². The molecule has 506 valence electrons. The summed E-state index contributed by atoms with van der Waals surface area (Å²) in [7, 11) is 9.51. The number of nitrogens with zero attached hydrogens (tertiary/aromatic N) is 4. The van der Waals surface area contributed by atoms with E-state index in [-0.39, 0.29) is 73.6 Å². The Labute approximate surface area is 536 Å². The Balaban J connectivity index is 1.78. The van der Waals surface area contributed by atoms with Crippen molar-refractivity contribution in [1.82, 2.24) is 41.3 Å². The van der Waals surface area contributed by atoms with E-state index in [2.05, 4.69) is 26.6 Å². The average molecular weight is 1260 g/mol. The molecule has 23 heteroatoms. The lowest BCUT2D eigenvalue weighted by Crippen LogP contribution is -2.59. The molecule has 11 atom stereocenters. The van der Waals surface area contributed by atoms with Crippen LogP contribution in [0, 0.1) is 29.6 Å². The Morgan fingerprint density at radius 2 is 1.31 bits per heavy atom. The number of ether oxygens (including phenoxy) is 4. The first-order chi connectivity index (χ1) is 42.3. The van der Waals surface area contributed by atoms with E-state index in [4.69, 9.17) is 24.7 Å². The fourth-order valence-electron chi connectivity index (χ4n) is 11.9. The molecule has 1 heterocycles. The van der Waals surface area contributed by atoms with Crippen LogP contribution < -0.4 is 37.2 Å². The van der Waals surface area contributed by atoms with Gasteiger partial charge in [0, 0.05) is 60.1 Å². The van der Waals surface area contributed by atoms with Crippen LogP contribution in [0.25, 0.3) is 0 Å². The second kappa shape index (κ2) is 37.5. The van der Waals surface area contributed by atoms with Crippen molar-refractivity contribution in [3.05, 3.63) is 65.7 Å². The molecule has 0 aromatic heterocycles. The summed E-state index contributed by atoms with van der Waals surface area (Å²) < 4.78 is 22.6. The first-order valence-corrected chi connectivity index (χ1v) is 32.0. The second-order valence-corrected chi connectivity index (χ2v) is 26.4. The van der Waals surface area contributed by atoms with Crippen molar-refractivity contribution in [1.29, 1.82) is 0 Å². The van der Waals surface area contributed by atoms with Crippen molar-refractivity contribution in [2.75, 3.05) is 67.0 Å². The molecule has 1 aliphatic heterocycles. The third kappa shape index (κ3) is 24.4. The van der Waals surface area contributed by atoms with Crippen LogP contribution in [0.4, 0.5) is 15.3 Å². The van der Waals surface area contributed by atoms with Crippen LogP contribution in [0.1, 0.15) is 146 Å². The quantitative estimate of drug-likeness (QED) is 0.0319. The molecular formula is C67H110N10O13. The zero-order valence-electron chi connectivity index (χ0n) is 57.1. The lowest BCUT2D eigenvalue weighted by atomic mass is 9.89. The monoisotopic (exact) mass is 1260 g/mol. The van der Waals surface area contributed by atoms with Crippen molar-refractivity contribution >= 4 is 59.2 Å². The van der Waals surface area contributed by atoms with Crippen LogP contribution >= 0.6 is 0 Å². The summed E-state index contributed by atoms with van der Waals surface area (Å²) in [6, 6.07) is 10.5. The van der Waals surface area contributed by atoms with Crippen molar-refractivity contribution in [2.24, 2.45) is 35.3 Å². The summed E-state index contributed by atoms with van der Waals surface area (Å²) in [5.74, 6) is -3.79. The number of amides is 9. The highest BCUT2D eigenvalue weighted by atomic mass is 16.6. The SMILES string of the molecule is CC[C@H](C)[C@@H]([C@@H](CC(=O)N1CCC[C@H]1[C@H](OC)[C@@H](C)C(=O)N[C@@H](Cc1ccccc1)C(=O)OC)OC)N(C)C(=O)[C@H](CC(C)C)NC(=O)[C@H](C(C)C)N(C)CCc1ccc(N(C)C(=O)[C@H](CCCNC(N)=O)NC(=O)[C@H](CC(C)C)NC(=O)OC(C)(C)C)cc1. The van der Waals surface area contributed by atoms with E-state index in [1.54, 1.807) is 63.7 Å². The molecule has 1 saturated heterocycles. The fraction of sp³-hybridized carbons (Fsp3) is 0.687. The molecule has 0 aliphatic carbocycles. The standard InChI is InChI=1S/C67H110N10O13/c1-19-44(8)57(54(87-16)40-55(78)77-35-24-28-53(77)58(88-17)45(9)59(79)72-52(64(84)89-18)39-47-25-21-20-22-26-47)76(15)63(83)51(38-42(4)5)71-61(81)56(43(6)7)74(13)36-33-46-29-31-48(32-30-46)75(14)62(82)49(27-23-34-69-65(68)85)70-60(80)50(37-41(2)3)73-66(86)90-67(10,11)12/h20-22,25-26,29-32,41-45,49-54,56-58H,19,23-24,27-28,33-40H2,1-18H3,(H,70,80)(H,71,81)(H,72,79)(H,73,86)(H3,68,69,85)/t44-,45+,49-,50-,51-,52-,53-,54+,56-,57-,58+/m0/s1. The Hall–Kier alpha value is -6.85. The van der Waals surface area contributed by atoms with E-state index in [9.17, 15) is 43.2 Å². The number of carbonyl (C=O) groups is 9. The predicted octanol–water partition coefficient (Wildman–Crippen LogP) is 6.37. The molecule has 9 amide bonds. The molecule has 23 nitrogen and oxygen atoms in total. The second-order valence-electron chi connectivity index (χ2n) is 26.4. The van der Waals surface area contributed by atoms with Gasteiger partial charge in [0.05, 0.1) is 49.8 Å². The maximum absolute atomic E-state index is 15.0. The molecule has 90 heavy (non-hydrogen) atoms. The normalized spacial score (nSPS) is 16.8. The van der Waals surface area contributed by atoms with Gasteiger partial charge < -0.3 is 66.0 Å². The lowest BCUT2D eigenvalue weighted by Gasteiger charge is -2.41. The smallest absolute Gasteiger partial charge is 0.408 e. The molecule has 3 rings (SSSR count). The predicted molar refractivity (Wildman–Crippen MR) is 348 cm³/mol. The Bertz CT molecular complexity index is 2620. The minimum absolute atomic E-state index is 0.0117. The summed E-state index contributed by atoms with van der Waals surface area (Å²) >= 11 is 0. The highest BCUT2D eigenvalue weighted by Gasteiger charge is 2.44. The minimum atomic E-state index is -1.03. The van der Waals surface area contributed by atoms with E-state index in [0.717, 1.165) is 11.1 Å². The molecule has 2 aromatic rings. The van der Waals surface area contributed by atoms with Crippen LogP contribution in [-0.2, 0) is 65.4 Å². The number of urea groups is 1. The average Bonchev–Trinajstić information content (AvgIpc) is 2.80. The van der Waals surface area contributed by atoms with E-state index in [1.807, 2.05) is 110 Å². The number of primary amides is 1. The van der Waals surface area contributed by atoms with Crippen molar-refractivity contribution in [2.45, 2.75) is 207 Å². The molecule has 0 unspecified atom stereocenters. The number of likely N-dealkylation sites (tertiary alicyclic amines) is 1. The molecule has 0 saturated carbocycles. The zero-order chi connectivity index (χ0) is 67.7. The van der Waals surface area contributed by atoms with Crippen LogP contribution in [0.2, 0.25) is 0 Å². The third-order valence-electron chi connectivity index (χ3n) is 16.7. The Morgan fingerprint density at radius 1 is 0.711 bits per heavy atom. The van der Waals surface area contributed by atoms with Gasteiger partial charge in [-0.15, -0.1) is 0 Å². The molecule has 1 aliphatic rings. The number of carbonyl (C=O) groups excluding carboxylic acids is 9. The van der Waals surface area contributed by atoms with Gasteiger partial charge >= 0.3 is 18.1 Å². The summed E-state index contributed by atoms with van der Waals surface area (Å²) in [5.41, 5.74) is 6.82. The zero-order valence-corrected chi connectivity index (χ0v) is 57.1. The van der Waals surface area contributed by atoms with Crippen molar-refractivity contribution in [3.8, 4) is 0 Å². The topological polar surface area (TPSA) is 290 Å². The Morgan fingerprint density at radius 3 is 1.86 bits per heavy atom. The van der Waals surface area contributed by atoms with E-state index < -0.39 is 102 Å². The highest BCUT2D eigenvalue weighted by molar-refractivity contribution is 5.99. The molecule has 0 spiro atoms. The van der Waals surface area contributed by atoms with Crippen LogP contribution in [0.5, 0.6) is 0 Å². The maximum Gasteiger partial charge on any atom is 0.408 e. The van der Waals surface area contributed by atoms with Crippen LogP contribution in [0.3, 0.4) is 0 Å². The molecule has 2 aromatic carbocycles. The third-order valence-corrected chi connectivity index (χ3v) is 16.7. The lowest BCUT2D eigenvalue weighted by molar-refractivity contribution is -0.148. The van der Waals surface area contributed by atoms with Crippen LogP contribution in [0.15, 0.2) is 54.6 Å². The highest BCUT2D eigenvalue weighted by Crippen LogP contribution is 2.30. The molecule has 7 N–H and O–H groups in total. The first kappa shape index (κ1) is 77.4. The number of anilines is 1. The maximum atomic E-state index is 15.0. The molecule has 1 fully saturated rings. The number of likely N-dealkylation sites (N-methyl/N-ethyl adjacent to an activating group) is 3. The number of nitrogens with two attached hydrogens (primary N) is 1. The molecule has 0 bridgehead atoms. The summed E-state index contributed by atoms with van der Waals surface area (Å²) in [4.78, 5) is 130. The summed E-state index contributed by atoms with van der Waals surface area (Å²) in [6.45, 7) is 23.7. The summed E-state index contributed by atoms with van der Waals surface area (Å²) in [5, 5.41) is 14.0. The van der Waals surface area contributed by atoms with Gasteiger partial charge in [-0.3, -0.25) is 33.7 Å². The Kier molecular flexibility index (Phi) is 32.2. The van der Waals surface area contributed by atoms with Gasteiger partial charge in [-0.2, -0.15) is 0 Å². The van der Waals surface area contributed by atoms with Gasteiger partial charge in [-0.25, -0.2) is 14.4 Å². The van der Waals surface area contributed by atoms with Gasteiger partial charge in [-0.05, 0) is 120 Å². The van der Waals surface area contributed by atoms with E-state index >= 15 is 0 Å². The van der Waals surface area contributed by atoms with E-state index in [1.165, 1.54) is 26.2 Å². The number of benzene rings is 2. The molecule has 0 radical (unpaired) electrons. The number of hydrogen-bond acceptors (Lipinski definition) is 14.